The summed E-state index contributed by atoms with van der Waals surface area (Å²) in [5.74, 6) is 0. The smallest absolute Gasteiger partial charge is 0.224 e. The van der Waals surface area contributed by atoms with Gasteiger partial charge >= 0.3 is 0 Å². The number of fused-ring (bicyclic) bond motifs is 1. The van der Waals surface area contributed by atoms with Crippen LogP contribution in [0.4, 0.5) is 5.69 Å². The fourth-order valence-corrected chi connectivity index (χ4v) is 2.47. The topological polar surface area (TPSA) is 67.6 Å². The predicted molar refractivity (Wildman–Crippen MR) is 78.2 cm³/mol. The minimum Gasteiger partial charge on any atom is -0.397 e. The molecule has 3 rings (SSSR count). The summed E-state index contributed by atoms with van der Waals surface area (Å²) in [6.07, 6.45) is 1.71. The van der Waals surface area contributed by atoms with Gasteiger partial charge in [0.05, 0.1) is 16.8 Å². The molecule has 0 atom stereocenters. The SMILES string of the molecule is Cc1ccc(-c2nc(Cl)nc3[nH]cc(N)c23)c(C)c1. The number of halogens is 1. The van der Waals surface area contributed by atoms with Crippen molar-refractivity contribution in [1.82, 2.24) is 15.0 Å². The van der Waals surface area contributed by atoms with Gasteiger partial charge in [0.25, 0.3) is 0 Å². The molecule has 3 aromatic rings. The van der Waals surface area contributed by atoms with Crippen LogP contribution in [0.1, 0.15) is 11.1 Å². The molecule has 5 heteroatoms. The Morgan fingerprint density at radius 3 is 2.74 bits per heavy atom. The van der Waals surface area contributed by atoms with E-state index in [-0.39, 0.29) is 5.28 Å². The van der Waals surface area contributed by atoms with E-state index in [1.807, 2.05) is 19.1 Å². The zero-order valence-electron chi connectivity index (χ0n) is 10.7. The van der Waals surface area contributed by atoms with E-state index >= 15 is 0 Å². The van der Waals surface area contributed by atoms with E-state index in [0.29, 0.717) is 11.3 Å². The molecule has 0 aliphatic carbocycles. The lowest BCUT2D eigenvalue weighted by Crippen LogP contribution is -1.94. The third kappa shape index (κ3) is 1.94. The number of aromatic amines is 1. The molecule has 2 aromatic heterocycles. The average Bonchev–Trinajstić information content (AvgIpc) is 2.70. The van der Waals surface area contributed by atoms with Crippen molar-refractivity contribution in [3.05, 3.63) is 40.8 Å². The van der Waals surface area contributed by atoms with Crippen molar-refractivity contribution >= 4 is 28.3 Å². The molecule has 0 fully saturated rings. The number of hydrogen-bond acceptors (Lipinski definition) is 3. The molecule has 96 valence electrons. The van der Waals surface area contributed by atoms with Gasteiger partial charge in [0.2, 0.25) is 5.28 Å². The van der Waals surface area contributed by atoms with Crippen molar-refractivity contribution in [2.75, 3.05) is 5.73 Å². The van der Waals surface area contributed by atoms with Crippen molar-refractivity contribution in [3.8, 4) is 11.3 Å². The molecule has 0 spiro atoms. The van der Waals surface area contributed by atoms with Crippen LogP contribution >= 0.6 is 11.6 Å². The Morgan fingerprint density at radius 2 is 2.00 bits per heavy atom. The third-order valence-corrected chi connectivity index (χ3v) is 3.34. The Labute approximate surface area is 115 Å². The summed E-state index contributed by atoms with van der Waals surface area (Å²) in [7, 11) is 0. The number of nitrogen functional groups attached to an aromatic ring is 1. The predicted octanol–water partition coefficient (Wildman–Crippen LogP) is 3.48. The first-order valence-corrected chi connectivity index (χ1v) is 6.32. The Kier molecular flexibility index (Phi) is 2.68. The van der Waals surface area contributed by atoms with Crippen LogP contribution in [0, 0.1) is 13.8 Å². The Balaban J connectivity index is 2.38. The van der Waals surface area contributed by atoms with E-state index in [1.54, 1.807) is 6.20 Å². The number of anilines is 1. The summed E-state index contributed by atoms with van der Waals surface area (Å²) < 4.78 is 0. The van der Waals surface area contributed by atoms with E-state index in [9.17, 15) is 0 Å². The number of aryl methyl sites for hydroxylation is 2. The number of aromatic nitrogens is 3. The Hall–Kier alpha value is -2.07. The van der Waals surface area contributed by atoms with Crippen molar-refractivity contribution in [1.29, 1.82) is 0 Å². The number of nitrogens with zero attached hydrogens (tertiary/aromatic N) is 2. The summed E-state index contributed by atoms with van der Waals surface area (Å²) in [6.45, 7) is 4.11. The zero-order chi connectivity index (χ0) is 13.6. The van der Waals surface area contributed by atoms with Gasteiger partial charge in [-0.25, -0.2) is 4.98 Å². The maximum atomic E-state index is 5.99. The van der Waals surface area contributed by atoms with Gasteiger partial charge in [-0.15, -0.1) is 0 Å². The monoisotopic (exact) mass is 272 g/mol. The van der Waals surface area contributed by atoms with E-state index in [4.69, 9.17) is 17.3 Å². The molecule has 0 aliphatic heterocycles. The van der Waals surface area contributed by atoms with Crippen LogP contribution in [0.5, 0.6) is 0 Å². The molecule has 4 nitrogen and oxygen atoms in total. The summed E-state index contributed by atoms with van der Waals surface area (Å²) in [6, 6.07) is 6.20. The van der Waals surface area contributed by atoms with Gasteiger partial charge in [-0.2, -0.15) is 4.98 Å². The lowest BCUT2D eigenvalue weighted by atomic mass is 10.0. The van der Waals surface area contributed by atoms with E-state index in [0.717, 1.165) is 22.2 Å². The van der Waals surface area contributed by atoms with Crippen molar-refractivity contribution in [3.63, 3.8) is 0 Å². The molecule has 3 N–H and O–H groups in total. The van der Waals surface area contributed by atoms with Gasteiger partial charge in [0.15, 0.2) is 0 Å². The van der Waals surface area contributed by atoms with Crippen molar-refractivity contribution in [2.24, 2.45) is 0 Å². The lowest BCUT2D eigenvalue weighted by Gasteiger charge is -2.08. The second kappa shape index (κ2) is 4.24. The standard InChI is InChI=1S/C14H13ClN4/c1-7-3-4-9(8(2)5-7)12-11-10(16)6-17-13(11)19-14(15)18-12/h3-6H,16H2,1-2H3,(H,17,18,19). The van der Waals surface area contributed by atoms with E-state index < -0.39 is 0 Å². The summed E-state index contributed by atoms with van der Waals surface area (Å²) >= 11 is 5.98. The average molecular weight is 273 g/mol. The first kappa shape index (κ1) is 12.0. The Bertz CT molecular complexity index is 776. The van der Waals surface area contributed by atoms with Crippen LogP contribution in [-0.4, -0.2) is 15.0 Å². The maximum absolute atomic E-state index is 5.99. The van der Waals surface area contributed by atoms with Crippen LogP contribution < -0.4 is 5.73 Å². The van der Waals surface area contributed by atoms with Crippen molar-refractivity contribution < 1.29 is 0 Å². The number of nitrogens with two attached hydrogens (primary N) is 1. The number of nitrogens with one attached hydrogen (secondary N) is 1. The first-order chi connectivity index (χ1) is 9.06. The lowest BCUT2D eigenvalue weighted by molar-refractivity contribution is 1.20. The number of hydrogen-bond donors (Lipinski definition) is 2. The van der Waals surface area contributed by atoms with Gasteiger partial charge in [0.1, 0.15) is 5.65 Å². The fraction of sp³-hybridized carbons (Fsp3) is 0.143. The molecule has 0 aliphatic rings. The van der Waals surface area contributed by atoms with Crippen LogP contribution in [-0.2, 0) is 0 Å². The Morgan fingerprint density at radius 1 is 1.21 bits per heavy atom. The minimum atomic E-state index is 0.212. The maximum Gasteiger partial charge on any atom is 0.224 e. The largest absolute Gasteiger partial charge is 0.397 e. The molecule has 0 radical (unpaired) electrons. The number of rotatable bonds is 1. The molecule has 2 heterocycles. The molecular weight excluding hydrogens is 260 g/mol. The van der Waals surface area contributed by atoms with Gasteiger partial charge in [0, 0.05) is 11.8 Å². The normalized spacial score (nSPS) is 11.1. The van der Waals surface area contributed by atoms with Crippen LogP contribution in [0.15, 0.2) is 24.4 Å². The van der Waals surface area contributed by atoms with Gasteiger partial charge in [-0.3, -0.25) is 0 Å². The fourth-order valence-electron chi connectivity index (χ4n) is 2.30. The first-order valence-electron chi connectivity index (χ1n) is 5.94. The van der Waals surface area contributed by atoms with Gasteiger partial charge < -0.3 is 10.7 Å². The van der Waals surface area contributed by atoms with Crippen LogP contribution in [0.3, 0.4) is 0 Å². The second-order valence-corrected chi connectivity index (χ2v) is 4.97. The number of H-pyrrole nitrogens is 1. The van der Waals surface area contributed by atoms with Gasteiger partial charge in [-0.1, -0.05) is 23.8 Å². The summed E-state index contributed by atoms with van der Waals surface area (Å²) in [5.41, 5.74) is 11.4. The number of benzene rings is 1. The molecule has 0 bridgehead atoms. The highest BCUT2D eigenvalue weighted by Crippen LogP contribution is 2.33. The van der Waals surface area contributed by atoms with E-state index in [2.05, 4.69) is 27.9 Å². The molecule has 1 aromatic carbocycles. The van der Waals surface area contributed by atoms with Gasteiger partial charge in [-0.05, 0) is 31.0 Å². The van der Waals surface area contributed by atoms with E-state index in [1.165, 1.54) is 5.56 Å². The molecule has 0 unspecified atom stereocenters. The van der Waals surface area contributed by atoms with Crippen LogP contribution in [0.2, 0.25) is 5.28 Å². The molecule has 0 amide bonds. The minimum absolute atomic E-state index is 0.212. The molecule has 0 saturated carbocycles. The highest BCUT2D eigenvalue weighted by atomic mass is 35.5. The third-order valence-electron chi connectivity index (χ3n) is 3.17. The molecule has 19 heavy (non-hydrogen) atoms. The highest BCUT2D eigenvalue weighted by molar-refractivity contribution is 6.29. The second-order valence-electron chi connectivity index (χ2n) is 4.63. The molecule has 0 saturated heterocycles. The quantitative estimate of drug-likeness (QED) is 0.667. The summed E-state index contributed by atoms with van der Waals surface area (Å²) in [4.78, 5) is 11.5. The van der Waals surface area contributed by atoms with Crippen molar-refractivity contribution in [2.45, 2.75) is 13.8 Å². The summed E-state index contributed by atoms with van der Waals surface area (Å²) in [5, 5.41) is 1.03. The highest BCUT2D eigenvalue weighted by Gasteiger charge is 2.14. The zero-order valence-corrected chi connectivity index (χ0v) is 11.4. The molecular formula is C14H13ClN4. The van der Waals surface area contributed by atoms with Crippen LogP contribution in [0.25, 0.3) is 22.3 Å².